The third-order valence-electron chi connectivity index (χ3n) is 6.30. The first-order valence-electron chi connectivity index (χ1n) is 12.3. The fourth-order valence-electron chi connectivity index (χ4n) is 4.64. The highest BCUT2D eigenvalue weighted by atomic mass is 32.2. The van der Waals surface area contributed by atoms with E-state index in [1.165, 1.54) is 10.4 Å². The van der Waals surface area contributed by atoms with Crippen LogP contribution in [0.5, 0.6) is 5.75 Å². The Labute approximate surface area is 207 Å². The SMILES string of the molecule is CC(=O)N1CCC(Cn2c(C(C)(C)C)nc3cc(Sc4cccc(OC(C)C)c4)ccc32)CC1. The second-order valence-corrected chi connectivity index (χ2v) is 11.8. The molecule has 4 rings (SSSR count). The molecule has 1 fully saturated rings. The maximum atomic E-state index is 11.7. The normalized spacial score (nSPS) is 15.3. The van der Waals surface area contributed by atoms with Gasteiger partial charge in [-0.05, 0) is 69.0 Å². The second-order valence-electron chi connectivity index (χ2n) is 10.6. The lowest BCUT2D eigenvalue weighted by molar-refractivity contribution is -0.130. The van der Waals surface area contributed by atoms with Gasteiger partial charge in [0.05, 0.1) is 17.1 Å². The van der Waals surface area contributed by atoms with Crippen molar-refractivity contribution in [2.75, 3.05) is 13.1 Å². The topological polar surface area (TPSA) is 47.4 Å². The number of hydrogen-bond donors (Lipinski definition) is 0. The van der Waals surface area contributed by atoms with E-state index in [1.54, 1.807) is 18.7 Å². The molecule has 182 valence electrons. The first-order chi connectivity index (χ1) is 16.1. The molecule has 0 radical (unpaired) electrons. The minimum atomic E-state index is -0.0467. The maximum absolute atomic E-state index is 11.7. The van der Waals surface area contributed by atoms with Gasteiger partial charge in [0, 0.05) is 41.8 Å². The standard InChI is InChI=1S/C28H37N3O2S/c1-19(2)33-22-8-7-9-23(16-22)34-24-10-11-26-25(17-24)29-27(28(4,5)6)31(26)18-21-12-14-30(15-13-21)20(3)32/h7-11,16-17,19,21H,12-15,18H2,1-6H3. The minimum Gasteiger partial charge on any atom is -0.491 e. The van der Waals surface area contributed by atoms with E-state index < -0.39 is 0 Å². The first-order valence-corrected chi connectivity index (χ1v) is 13.1. The lowest BCUT2D eigenvalue weighted by Crippen LogP contribution is -2.38. The molecular weight excluding hydrogens is 442 g/mol. The third-order valence-corrected chi connectivity index (χ3v) is 7.28. The molecule has 5 nitrogen and oxygen atoms in total. The summed E-state index contributed by atoms with van der Waals surface area (Å²) < 4.78 is 8.29. The Bertz CT molecular complexity index is 1150. The highest BCUT2D eigenvalue weighted by molar-refractivity contribution is 7.99. The molecule has 3 aromatic rings. The molecule has 34 heavy (non-hydrogen) atoms. The zero-order chi connectivity index (χ0) is 24.5. The highest BCUT2D eigenvalue weighted by Crippen LogP contribution is 2.35. The summed E-state index contributed by atoms with van der Waals surface area (Å²) in [6.07, 6.45) is 2.25. The fraction of sp³-hybridized carbons (Fsp3) is 0.500. The van der Waals surface area contributed by atoms with Crippen molar-refractivity contribution in [3.8, 4) is 5.75 Å². The van der Waals surface area contributed by atoms with Crippen molar-refractivity contribution in [3.63, 3.8) is 0 Å². The third kappa shape index (κ3) is 5.77. The van der Waals surface area contributed by atoms with E-state index in [9.17, 15) is 4.79 Å². The Morgan fingerprint density at radius 3 is 2.47 bits per heavy atom. The fourth-order valence-corrected chi connectivity index (χ4v) is 5.54. The Kier molecular flexibility index (Phi) is 7.27. The lowest BCUT2D eigenvalue weighted by Gasteiger charge is -2.32. The number of imidazole rings is 1. The van der Waals surface area contributed by atoms with Crippen LogP contribution in [-0.4, -0.2) is 39.6 Å². The molecule has 1 amide bonds. The molecule has 0 bridgehead atoms. The zero-order valence-electron chi connectivity index (χ0n) is 21.3. The summed E-state index contributed by atoms with van der Waals surface area (Å²) >= 11 is 1.74. The number of fused-ring (bicyclic) bond motifs is 1. The number of benzene rings is 2. The van der Waals surface area contributed by atoms with Crippen molar-refractivity contribution in [2.45, 2.75) is 82.2 Å². The van der Waals surface area contributed by atoms with Crippen LogP contribution in [-0.2, 0) is 16.8 Å². The molecular formula is C28H37N3O2S. The van der Waals surface area contributed by atoms with E-state index in [4.69, 9.17) is 9.72 Å². The van der Waals surface area contributed by atoms with Gasteiger partial charge in [0.1, 0.15) is 11.6 Å². The van der Waals surface area contributed by atoms with E-state index in [0.29, 0.717) is 5.92 Å². The summed E-state index contributed by atoms with van der Waals surface area (Å²) in [7, 11) is 0. The number of hydrogen-bond acceptors (Lipinski definition) is 4. The van der Waals surface area contributed by atoms with E-state index in [2.05, 4.69) is 55.7 Å². The van der Waals surface area contributed by atoms with Gasteiger partial charge in [0.2, 0.25) is 5.91 Å². The van der Waals surface area contributed by atoms with Crippen LogP contribution in [0.3, 0.4) is 0 Å². The van der Waals surface area contributed by atoms with Gasteiger partial charge in [0.15, 0.2) is 0 Å². The minimum absolute atomic E-state index is 0.0467. The summed E-state index contributed by atoms with van der Waals surface area (Å²) in [6, 6.07) is 14.9. The Morgan fingerprint density at radius 1 is 1.12 bits per heavy atom. The molecule has 0 atom stereocenters. The maximum Gasteiger partial charge on any atom is 0.219 e. The number of likely N-dealkylation sites (tertiary alicyclic amines) is 1. The number of piperidine rings is 1. The quantitative estimate of drug-likeness (QED) is 0.403. The lowest BCUT2D eigenvalue weighted by atomic mass is 9.93. The molecule has 0 saturated carbocycles. The number of amides is 1. The largest absolute Gasteiger partial charge is 0.491 e. The molecule has 0 N–H and O–H groups in total. The monoisotopic (exact) mass is 479 g/mol. The highest BCUT2D eigenvalue weighted by Gasteiger charge is 2.27. The van der Waals surface area contributed by atoms with Gasteiger partial charge in [0.25, 0.3) is 0 Å². The predicted octanol–water partition coefficient (Wildman–Crippen LogP) is 6.53. The van der Waals surface area contributed by atoms with Crippen molar-refractivity contribution < 1.29 is 9.53 Å². The first kappa shape index (κ1) is 24.6. The summed E-state index contributed by atoms with van der Waals surface area (Å²) in [5.74, 6) is 2.78. The average molecular weight is 480 g/mol. The Hall–Kier alpha value is -2.47. The van der Waals surface area contributed by atoms with Crippen LogP contribution in [0, 0.1) is 5.92 Å². The van der Waals surface area contributed by atoms with Crippen LogP contribution in [0.2, 0.25) is 0 Å². The number of ether oxygens (including phenoxy) is 1. The summed E-state index contributed by atoms with van der Waals surface area (Å²) in [5.41, 5.74) is 2.19. The van der Waals surface area contributed by atoms with Gasteiger partial charge >= 0.3 is 0 Å². The van der Waals surface area contributed by atoms with E-state index >= 15 is 0 Å². The number of carbonyl (C=O) groups is 1. The van der Waals surface area contributed by atoms with E-state index in [1.807, 2.05) is 30.9 Å². The van der Waals surface area contributed by atoms with Crippen LogP contribution in [0.4, 0.5) is 0 Å². The summed E-state index contributed by atoms with van der Waals surface area (Å²) in [4.78, 5) is 21.1. The molecule has 2 aromatic carbocycles. The van der Waals surface area contributed by atoms with Gasteiger partial charge < -0.3 is 14.2 Å². The smallest absolute Gasteiger partial charge is 0.219 e. The van der Waals surface area contributed by atoms with Gasteiger partial charge in [-0.1, -0.05) is 38.6 Å². The van der Waals surface area contributed by atoms with Gasteiger partial charge in [-0.25, -0.2) is 4.98 Å². The molecule has 0 unspecified atom stereocenters. The van der Waals surface area contributed by atoms with Gasteiger partial charge in [-0.15, -0.1) is 0 Å². The van der Waals surface area contributed by atoms with Gasteiger partial charge in [-0.3, -0.25) is 4.79 Å². The summed E-state index contributed by atoms with van der Waals surface area (Å²) in [5, 5.41) is 0. The Morgan fingerprint density at radius 2 is 1.82 bits per heavy atom. The van der Waals surface area contributed by atoms with Crippen molar-refractivity contribution in [1.82, 2.24) is 14.5 Å². The number of carbonyl (C=O) groups excluding carboxylic acids is 1. The molecule has 1 saturated heterocycles. The molecule has 1 aliphatic heterocycles. The van der Waals surface area contributed by atoms with E-state index in [-0.39, 0.29) is 17.4 Å². The van der Waals surface area contributed by atoms with Crippen molar-refractivity contribution in [2.24, 2.45) is 5.92 Å². The van der Waals surface area contributed by atoms with Crippen LogP contribution < -0.4 is 4.74 Å². The molecule has 0 aliphatic carbocycles. The summed E-state index contributed by atoms with van der Waals surface area (Å²) in [6.45, 7) is 15.1. The zero-order valence-corrected chi connectivity index (χ0v) is 22.1. The molecule has 1 aromatic heterocycles. The van der Waals surface area contributed by atoms with Crippen molar-refractivity contribution in [1.29, 1.82) is 0 Å². The number of rotatable bonds is 6. The second kappa shape index (κ2) is 10.0. The van der Waals surface area contributed by atoms with Crippen LogP contribution in [0.25, 0.3) is 11.0 Å². The van der Waals surface area contributed by atoms with Crippen LogP contribution in [0.15, 0.2) is 52.3 Å². The van der Waals surface area contributed by atoms with Crippen LogP contribution >= 0.6 is 11.8 Å². The van der Waals surface area contributed by atoms with E-state index in [0.717, 1.165) is 54.5 Å². The van der Waals surface area contributed by atoms with Crippen molar-refractivity contribution >= 4 is 28.7 Å². The van der Waals surface area contributed by atoms with Crippen molar-refractivity contribution in [3.05, 3.63) is 48.3 Å². The average Bonchev–Trinajstić information content (AvgIpc) is 3.12. The Balaban J connectivity index is 1.58. The molecule has 1 aliphatic rings. The predicted molar refractivity (Wildman–Crippen MR) is 140 cm³/mol. The number of aromatic nitrogens is 2. The van der Waals surface area contributed by atoms with Crippen LogP contribution in [0.1, 0.15) is 60.2 Å². The molecule has 0 spiro atoms. The van der Waals surface area contributed by atoms with Gasteiger partial charge in [-0.2, -0.15) is 0 Å². The number of nitrogens with zero attached hydrogens (tertiary/aromatic N) is 3. The molecule has 2 heterocycles. The molecule has 6 heteroatoms.